The number of hydrogen-bond acceptors (Lipinski definition) is 2. The van der Waals surface area contributed by atoms with Gasteiger partial charge >= 0.3 is 5.97 Å². The maximum Gasteiger partial charge on any atom is 0.308 e. The number of benzene rings is 1. The third kappa shape index (κ3) is 4.33. The van der Waals surface area contributed by atoms with Crippen LogP contribution < -0.4 is 4.90 Å². The van der Waals surface area contributed by atoms with Crippen LogP contribution in [0.3, 0.4) is 0 Å². The van der Waals surface area contributed by atoms with Gasteiger partial charge in [0.05, 0.1) is 11.6 Å². The molecule has 1 aromatic rings. The van der Waals surface area contributed by atoms with Gasteiger partial charge in [-0.05, 0) is 18.6 Å². The molecule has 0 saturated carbocycles. The molecule has 1 unspecified atom stereocenters. The Morgan fingerprint density at radius 1 is 1.35 bits per heavy atom. The number of hydrogen-bond donors (Lipinski definition) is 1. The fourth-order valence-electron chi connectivity index (χ4n) is 1.82. The van der Waals surface area contributed by atoms with Crippen molar-refractivity contribution < 1.29 is 19.1 Å². The first kappa shape index (κ1) is 16.1. The van der Waals surface area contributed by atoms with Crippen LogP contribution in [0, 0.1) is 11.7 Å². The minimum absolute atomic E-state index is 0.0290. The zero-order valence-electron chi connectivity index (χ0n) is 11.8. The Labute approximate surface area is 118 Å². The van der Waals surface area contributed by atoms with Crippen LogP contribution in [0.5, 0.6) is 0 Å². The van der Waals surface area contributed by atoms with E-state index in [0.717, 1.165) is 6.42 Å². The molecular weight excluding hydrogens is 261 g/mol. The van der Waals surface area contributed by atoms with E-state index in [1.807, 2.05) is 6.92 Å². The lowest BCUT2D eigenvalue weighted by Crippen LogP contribution is -2.37. The van der Waals surface area contributed by atoms with Gasteiger partial charge in [0.2, 0.25) is 5.91 Å². The Kier molecular flexibility index (Phi) is 6.15. The number of carbonyl (C=O) groups excluding carboxylic acids is 1. The molecule has 0 radical (unpaired) electrons. The van der Waals surface area contributed by atoms with Crippen molar-refractivity contribution in [2.75, 3.05) is 11.4 Å². The molecule has 0 fully saturated rings. The van der Waals surface area contributed by atoms with Crippen LogP contribution in [0.2, 0.25) is 0 Å². The summed E-state index contributed by atoms with van der Waals surface area (Å²) in [5.41, 5.74) is 0.140. The predicted molar refractivity (Wildman–Crippen MR) is 75.1 cm³/mol. The summed E-state index contributed by atoms with van der Waals surface area (Å²) >= 11 is 0. The summed E-state index contributed by atoms with van der Waals surface area (Å²) in [6.45, 7) is 3.43. The molecule has 0 aliphatic rings. The summed E-state index contributed by atoms with van der Waals surface area (Å²) in [6.07, 6.45) is 1.84. The van der Waals surface area contributed by atoms with Crippen LogP contribution in [-0.2, 0) is 9.59 Å². The normalized spacial score (nSPS) is 11.9. The van der Waals surface area contributed by atoms with Crippen molar-refractivity contribution >= 4 is 17.6 Å². The van der Waals surface area contributed by atoms with Crippen LogP contribution in [0.4, 0.5) is 10.1 Å². The molecule has 1 atom stereocenters. The second kappa shape index (κ2) is 7.62. The smallest absolute Gasteiger partial charge is 0.308 e. The molecule has 1 N–H and O–H groups in total. The number of para-hydroxylation sites is 1. The largest absolute Gasteiger partial charge is 0.481 e. The third-order valence-corrected chi connectivity index (χ3v) is 3.07. The number of aliphatic carboxylic acids is 1. The highest BCUT2D eigenvalue weighted by Gasteiger charge is 2.23. The molecule has 1 rings (SSSR count). The number of carboxylic acid groups (broad SMARTS) is 1. The third-order valence-electron chi connectivity index (χ3n) is 3.07. The molecule has 1 amide bonds. The summed E-state index contributed by atoms with van der Waals surface area (Å²) < 4.78 is 13.8. The van der Waals surface area contributed by atoms with E-state index in [9.17, 15) is 14.0 Å². The molecule has 1 aromatic carbocycles. The first-order chi connectivity index (χ1) is 9.47. The van der Waals surface area contributed by atoms with Crippen LogP contribution >= 0.6 is 0 Å². The van der Waals surface area contributed by atoms with E-state index in [0.29, 0.717) is 6.42 Å². The monoisotopic (exact) mass is 281 g/mol. The molecule has 0 bridgehead atoms. The summed E-state index contributed by atoms with van der Waals surface area (Å²) in [7, 11) is 0. The Balaban J connectivity index is 2.98. The quantitative estimate of drug-likeness (QED) is 0.835. The Hall–Kier alpha value is -1.91. The number of carbonyl (C=O) groups is 2. The number of rotatable bonds is 7. The van der Waals surface area contributed by atoms with Crippen molar-refractivity contribution in [1.82, 2.24) is 0 Å². The number of halogens is 1. The summed E-state index contributed by atoms with van der Waals surface area (Å²) in [5.74, 6) is -2.52. The van der Waals surface area contributed by atoms with E-state index in [1.165, 1.54) is 30.0 Å². The molecule has 20 heavy (non-hydrogen) atoms. The average molecular weight is 281 g/mol. The highest BCUT2D eigenvalue weighted by Crippen LogP contribution is 2.21. The molecule has 0 spiro atoms. The van der Waals surface area contributed by atoms with E-state index in [2.05, 4.69) is 0 Å². The van der Waals surface area contributed by atoms with E-state index < -0.39 is 17.7 Å². The predicted octanol–water partition coefficient (Wildman–Crippen LogP) is 3.07. The Morgan fingerprint density at radius 3 is 2.55 bits per heavy atom. The molecule has 0 aliphatic heterocycles. The van der Waals surface area contributed by atoms with Crippen LogP contribution in [-0.4, -0.2) is 23.5 Å². The minimum atomic E-state index is -1.00. The SMILES string of the molecule is CCCCC(=O)N(CC(C)C(=O)O)c1ccccc1F. The van der Waals surface area contributed by atoms with Gasteiger partial charge in [0.15, 0.2) is 0 Å². The Bertz CT molecular complexity index is 476. The van der Waals surface area contributed by atoms with E-state index in [-0.39, 0.29) is 24.6 Å². The van der Waals surface area contributed by atoms with Gasteiger partial charge in [-0.3, -0.25) is 9.59 Å². The summed E-state index contributed by atoms with van der Waals surface area (Å²) in [6, 6.07) is 5.92. The molecule has 4 nitrogen and oxygen atoms in total. The van der Waals surface area contributed by atoms with Gasteiger partial charge in [0.25, 0.3) is 0 Å². The van der Waals surface area contributed by atoms with Gasteiger partial charge in [0, 0.05) is 13.0 Å². The van der Waals surface area contributed by atoms with Crippen LogP contribution in [0.1, 0.15) is 33.1 Å². The molecule has 0 heterocycles. The van der Waals surface area contributed by atoms with Crippen molar-refractivity contribution in [3.63, 3.8) is 0 Å². The standard InChI is InChI=1S/C15H20FNO3/c1-3-4-9-14(18)17(10-11(2)15(19)20)13-8-6-5-7-12(13)16/h5-8,11H,3-4,9-10H2,1-2H3,(H,19,20). The van der Waals surface area contributed by atoms with Crippen molar-refractivity contribution in [3.05, 3.63) is 30.1 Å². The van der Waals surface area contributed by atoms with Crippen LogP contribution in [0.15, 0.2) is 24.3 Å². The first-order valence-corrected chi connectivity index (χ1v) is 6.75. The van der Waals surface area contributed by atoms with E-state index >= 15 is 0 Å². The number of nitrogens with zero attached hydrogens (tertiary/aromatic N) is 1. The van der Waals surface area contributed by atoms with Crippen LogP contribution in [0.25, 0.3) is 0 Å². The number of amides is 1. The van der Waals surface area contributed by atoms with Crippen molar-refractivity contribution in [2.45, 2.75) is 33.1 Å². The zero-order valence-corrected chi connectivity index (χ0v) is 11.8. The first-order valence-electron chi connectivity index (χ1n) is 6.75. The van der Waals surface area contributed by atoms with E-state index in [1.54, 1.807) is 6.07 Å². The maximum atomic E-state index is 13.8. The lowest BCUT2D eigenvalue weighted by atomic mass is 10.1. The summed E-state index contributed by atoms with van der Waals surface area (Å²) in [5, 5.41) is 8.97. The second-order valence-corrected chi connectivity index (χ2v) is 4.80. The number of anilines is 1. The molecule has 0 aliphatic carbocycles. The van der Waals surface area contributed by atoms with E-state index in [4.69, 9.17) is 5.11 Å². The highest BCUT2D eigenvalue weighted by molar-refractivity contribution is 5.94. The lowest BCUT2D eigenvalue weighted by molar-refractivity contribution is -0.140. The molecule has 0 aromatic heterocycles. The maximum absolute atomic E-state index is 13.8. The van der Waals surface area contributed by atoms with Gasteiger partial charge in [-0.15, -0.1) is 0 Å². The fourth-order valence-corrected chi connectivity index (χ4v) is 1.82. The van der Waals surface area contributed by atoms with Gasteiger partial charge in [0.1, 0.15) is 5.82 Å². The van der Waals surface area contributed by atoms with Gasteiger partial charge in [-0.1, -0.05) is 32.4 Å². The number of unbranched alkanes of at least 4 members (excludes halogenated alkanes) is 1. The molecular formula is C15H20FNO3. The van der Waals surface area contributed by atoms with Crippen molar-refractivity contribution in [1.29, 1.82) is 0 Å². The fraction of sp³-hybridized carbons (Fsp3) is 0.467. The Morgan fingerprint density at radius 2 is 2.00 bits per heavy atom. The molecule has 110 valence electrons. The van der Waals surface area contributed by atoms with Gasteiger partial charge < -0.3 is 10.0 Å². The van der Waals surface area contributed by atoms with Gasteiger partial charge in [-0.2, -0.15) is 0 Å². The lowest BCUT2D eigenvalue weighted by Gasteiger charge is -2.25. The topological polar surface area (TPSA) is 57.6 Å². The average Bonchev–Trinajstić information content (AvgIpc) is 2.42. The summed E-state index contributed by atoms with van der Waals surface area (Å²) in [4.78, 5) is 24.4. The second-order valence-electron chi connectivity index (χ2n) is 4.80. The van der Waals surface area contributed by atoms with Crippen molar-refractivity contribution in [3.8, 4) is 0 Å². The highest BCUT2D eigenvalue weighted by atomic mass is 19.1. The minimum Gasteiger partial charge on any atom is -0.481 e. The van der Waals surface area contributed by atoms with Crippen molar-refractivity contribution in [2.24, 2.45) is 5.92 Å². The molecule has 0 saturated heterocycles. The zero-order chi connectivity index (χ0) is 15.1. The molecule has 5 heteroatoms. The van der Waals surface area contributed by atoms with Gasteiger partial charge in [-0.25, -0.2) is 4.39 Å². The number of carboxylic acids is 1.